The Balaban J connectivity index is 3.13. The minimum absolute atomic E-state index is 0.0463. The lowest BCUT2D eigenvalue weighted by molar-refractivity contribution is -0.138. The van der Waals surface area contributed by atoms with Crippen LogP contribution in [0.1, 0.15) is 23.6 Å². The molecule has 0 saturated heterocycles. The quantitative estimate of drug-likeness (QED) is 0.782. The average Bonchev–Trinajstić information content (AvgIpc) is 2.16. The lowest BCUT2D eigenvalue weighted by atomic mass is 10.0. The molecule has 0 aliphatic rings. The van der Waals surface area contributed by atoms with Crippen molar-refractivity contribution < 1.29 is 18.7 Å². The number of benzene rings is 1. The molecular weight excluding hydrogens is 192 g/mol. The number of halogens is 2. The Hall–Kier alpha value is -1.49. The van der Waals surface area contributed by atoms with E-state index in [1.54, 1.807) is 0 Å². The molecule has 0 bridgehead atoms. The largest absolute Gasteiger partial charge is 0.480 e. The molecule has 0 aromatic heterocycles. The summed E-state index contributed by atoms with van der Waals surface area (Å²) in [5.74, 6) is -1.32. The van der Waals surface area contributed by atoms with Gasteiger partial charge in [-0.15, -0.1) is 0 Å². The van der Waals surface area contributed by atoms with Crippen LogP contribution in [0.15, 0.2) is 24.3 Å². The fraction of sp³-hybridized carbons (Fsp3) is 0.222. The summed E-state index contributed by atoms with van der Waals surface area (Å²) in [5, 5.41) is 8.57. The number of rotatable bonds is 3. The van der Waals surface area contributed by atoms with Gasteiger partial charge in [0, 0.05) is 5.56 Å². The Kier molecular flexibility index (Phi) is 3.14. The maximum atomic E-state index is 12.4. The smallest absolute Gasteiger partial charge is 0.325 e. The van der Waals surface area contributed by atoms with Crippen LogP contribution in [0.25, 0.3) is 0 Å². The molecule has 0 saturated carbocycles. The summed E-state index contributed by atoms with van der Waals surface area (Å²) in [6.07, 6.45) is -2.71. The van der Waals surface area contributed by atoms with Gasteiger partial charge in [0.1, 0.15) is 6.04 Å². The Morgan fingerprint density at radius 3 is 2.21 bits per heavy atom. The van der Waals surface area contributed by atoms with Crippen molar-refractivity contribution in [2.45, 2.75) is 12.5 Å². The molecule has 0 aliphatic carbocycles. The Morgan fingerprint density at radius 2 is 1.79 bits per heavy atom. The Bertz CT molecular complexity index is 341. The Morgan fingerprint density at radius 1 is 1.29 bits per heavy atom. The Labute approximate surface area is 79.2 Å². The highest BCUT2D eigenvalue weighted by Gasteiger charge is 2.21. The first-order valence-electron chi connectivity index (χ1n) is 3.89. The maximum Gasteiger partial charge on any atom is 0.325 e. The van der Waals surface area contributed by atoms with Crippen LogP contribution in [-0.4, -0.2) is 11.1 Å². The predicted molar refractivity (Wildman–Crippen MR) is 46.0 cm³/mol. The van der Waals surface area contributed by atoms with Gasteiger partial charge in [-0.25, -0.2) is 8.78 Å². The van der Waals surface area contributed by atoms with Gasteiger partial charge < -0.3 is 10.8 Å². The molecular formula is C9H9F2NO2. The van der Waals surface area contributed by atoms with E-state index in [1.807, 2.05) is 0 Å². The van der Waals surface area contributed by atoms with Gasteiger partial charge in [-0.05, 0) is 5.56 Å². The average molecular weight is 201 g/mol. The number of alkyl halides is 2. The highest BCUT2D eigenvalue weighted by molar-refractivity contribution is 5.75. The molecule has 1 rings (SSSR count). The fourth-order valence-electron chi connectivity index (χ4n) is 1.13. The molecule has 0 radical (unpaired) electrons. The SMILES string of the molecule is NC(C(=O)O)c1ccccc1C(F)F. The van der Waals surface area contributed by atoms with Crippen molar-refractivity contribution in [3.05, 3.63) is 35.4 Å². The van der Waals surface area contributed by atoms with E-state index in [9.17, 15) is 13.6 Å². The monoisotopic (exact) mass is 201 g/mol. The van der Waals surface area contributed by atoms with Crippen LogP contribution >= 0.6 is 0 Å². The molecule has 0 aliphatic heterocycles. The normalized spacial score (nSPS) is 12.9. The van der Waals surface area contributed by atoms with Crippen LogP contribution in [0.2, 0.25) is 0 Å². The van der Waals surface area contributed by atoms with Crippen LogP contribution in [0.5, 0.6) is 0 Å². The molecule has 1 unspecified atom stereocenters. The van der Waals surface area contributed by atoms with Gasteiger partial charge in [-0.3, -0.25) is 4.79 Å². The highest BCUT2D eigenvalue weighted by atomic mass is 19.3. The number of carboxylic acid groups (broad SMARTS) is 1. The lowest BCUT2D eigenvalue weighted by Gasteiger charge is -2.11. The van der Waals surface area contributed by atoms with Crippen LogP contribution < -0.4 is 5.73 Å². The lowest BCUT2D eigenvalue weighted by Crippen LogP contribution is -2.22. The molecule has 0 fully saturated rings. The molecule has 1 atom stereocenters. The van der Waals surface area contributed by atoms with E-state index in [0.717, 1.165) is 0 Å². The minimum atomic E-state index is -2.71. The van der Waals surface area contributed by atoms with Gasteiger partial charge in [0.05, 0.1) is 0 Å². The number of hydrogen-bond acceptors (Lipinski definition) is 2. The van der Waals surface area contributed by atoms with Crippen molar-refractivity contribution >= 4 is 5.97 Å². The fourth-order valence-corrected chi connectivity index (χ4v) is 1.13. The first-order valence-corrected chi connectivity index (χ1v) is 3.89. The predicted octanol–water partition coefficient (Wildman–Crippen LogP) is 1.71. The molecule has 0 spiro atoms. The van der Waals surface area contributed by atoms with Gasteiger partial charge in [0.25, 0.3) is 6.43 Å². The van der Waals surface area contributed by atoms with Gasteiger partial charge in [-0.1, -0.05) is 24.3 Å². The number of hydrogen-bond donors (Lipinski definition) is 2. The standard InChI is InChI=1S/C9H9F2NO2/c10-8(11)6-4-2-1-3-5(6)7(12)9(13)14/h1-4,7-8H,12H2,(H,13,14). The summed E-state index contributed by atoms with van der Waals surface area (Å²) < 4.78 is 24.8. The number of aliphatic carboxylic acids is 1. The van der Waals surface area contributed by atoms with Gasteiger partial charge in [0.2, 0.25) is 0 Å². The van der Waals surface area contributed by atoms with E-state index >= 15 is 0 Å². The van der Waals surface area contributed by atoms with Crippen LogP contribution in [0.4, 0.5) is 8.78 Å². The van der Waals surface area contributed by atoms with E-state index in [0.29, 0.717) is 0 Å². The summed E-state index contributed by atoms with van der Waals surface area (Å²) in [7, 11) is 0. The highest BCUT2D eigenvalue weighted by Crippen LogP contribution is 2.26. The third-order valence-electron chi connectivity index (χ3n) is 1.83. The molecule has 14 heavy (non-hydrogen) atoms. The van der Waals surface area contributed by atoms with Gasteiger partial charge >= 0.3 is 5.97 Å². The topological polar surface area (TPSA) is 63.3 Å². The van der Waals surface area contributed by atoms with Crippen LogP contribution in [-0.2, 0) is 4.79 Å². The second-order valence-electron chi connectivity index (χ2n) is 2.75. The van der Waals surface area contributed by atoms with E-state index in [4.69, 9.17) is 10.8 Å². The third kappa shape index (κ3) is 2.05. The summed E-state index contributed by atoms with van der Waals surface area (Å²) in [4.78, 5) is 10.5. The van der Waals surface area contributed by atoms with Crippen molar-refractivity contribution in [2.24, 2.45) is 5.73 Å². The summed E-state index contributed by atoms with van der Waals surface area (Å²) >= 11 is 0. The maximum absolute atomic E-state index is 12.4. The molecule has 0 heterocycles. The summed E-state index contributed by atoms with van der Waals surface area (Å²) in [6, 6.07) is 3.95. The van der Waals surface area contributed by atoms with Crippen LogP contribution in [0, 0.1) is 0 Å². The van der Waals surface area contributed by atoms with E-state index < -0.39 is 18.4 Å². The van der Waals surface area contributed by atoms with E-state index in [1.165, 1.54) is 24.3 Å². The molecule has 76 valence electrons. The zero-order chi connectivity index (χ0) is 10.7. The van der Waals surface area contributed by atoms with E-state index in [-0.39, 0.29) is 11.1 Å². The molecule has 5 heteroatoms. The van der Waals surface area contributed by atoms with Crippen molar-refractivity contribution in [1.82, 2.24) is 0 Å². The zero-order valence-electron chi connectivity index (χ0n) is 7.15. The van der Waals surface area contributed by atoms with Crippen molar-refractivity contribution in [3.63, 3.8) is 0 Å². The van der Waals surface area contributed by atoms with Crippen molar-refractivity contribution in [3.8, 4) is 0 Å². The second kappa shape index (κ2) is 4.15. The molecule has 1 aromatic carbocycles. The third-order valence-corrected chi connectivity index (χ3v) is 1.83. The second-order valence-corrected chi connectivity index (χ2v) is 2.75. The number of nitrogens with two attached hydrogens (primary N) is 1. The first kappa shape index (κ1) is 10.6. The van der Waals surface area contributed by atoms with E-state index in [2.05, 4.69) is 0 Å². The zero-order valence-corrected chi connectivity index (χ0v) is 7.15. The van der Waals surface area contributed by atoms with Gasteiger partial charge in [0.15, 0.2) is 0 Å². The first-order chi connectivity index (χ1) is 6.54. The number of carboxylic acids is 1. The number of carbonyl (C=O) groups is 1. The minimum Gasteiger partial charge on any atom is -0.480 e. The molecule has 3 nitrogen and oxygen atoms in total. The van der Waals surface area contributed by atoms with Crippen molar-refractivity contribution in [1.29, 1.82) is 0 Å². The molecule has 1 aromatic rings. The van der Waals surface area contributed by atoms with Crippen molar-refractivity contribution in [2.75, 3.05) is 0 Å². The summed E-state index contributed by atoms with van der Waals surface area (Å²) in [6.45, 7) is 0. The molecule has 0 amide bonds. The van der Waals surface area contributed by atoms with Gasteiger partial charge in [-0.2, -0.15) is 0 Å². The summed E-state index contributed by atoms with van der Waals surface area (Å²) in [5.41, 5.74) is 4.87. The molecule has 3 N–H and O–H groups in total. The van der Waals surface area contributed by atoms with Crippen LogP contribution in [0.3, 0.4) is 0 Å².